The van der Waals surface area contributed by atoms with Gasteiger partial charge < -0.3 is 14.6 Å². The quantitative estimate of drug-likeness (QED) is 0.513. The Labute approximate surface area is 179 Å². The van der Waals surface area contributed by atoms with Gasteiger partial charge in [-0.3, -0.25) is 4.79 Å². The van der Waals surface area contributed by atoms with Gasteiger partial charge in [0.25, 0.3) is 0 Å². The van der Waals surface area contributed by atoms with E-state index in [-0.39, 0.29) is 11.7 Å². The number of ether oxygens (including phenoxy) is 1. The SMILES string of the molecule is CCc1ccccc1NC(=O)CSc1nnc(-c2cc(Cl)ccc2OC)n1CC. The number of nitrogens with zero attached hydrogens (tertiary/aromatic N) is 3. The molecule has 8 heteroatoms. The van der Waals surface area contributed by atoms with Crippen molar-refractivity contribution in [1.29, 1.82) is 0 Å². The number of nitrogens with one attached hydrogen (secondary N) is 1. The number of amides is 1. The first kappa shape index (κ1) is 21.2. The van der Waals surface area contributed by atoms with E-state index in [0.29, 0.717) is 28.3 Å². The fraction of sp³-hybridized carbons (Fsp3) is 0.286. The smallest absolute Gasteiger partial charge is 0.234 e. The normalized spacial score (nSPS) is 10.8. The van der Waals surface area contributed by atoms with E-state index in [9.17, 15) is 4.79 Å². The molecule has 0 bridgehead atoms. The molecule has 3 aromatic rings. The zero-order valence-electron chi connectivity index (χ0n) is 16.6. The van der Waals surface area contributed by atoms with Crippen LogP contribution in [0.2, 0.25) is 5.02 Å². The van der Waals surface area contributed by atoms with E-state index in [1.54, 1.807) is 25.3 Å². The highest BCUT2D eigenvalue weighted by Gasteiger charge is 2.18. The second-order valence-corrected chi connectivity index (χ2v) is 7.62. The minimum absolute atomic E-state index is 0.0801. The maximum Gasteiger partial charge on any atom is 0.234 e. The van der Waals surface area contributed by atoms with Gasteiger partial charge in [0, 0.05) is 17.3 Å². The third-order valence-electron chi connectivity index (χ3n) is 4.44. The summed E-state index contributed by atoms with van der Waals surface area (Å²) in [6.07, 6.45) is 0.860. The van der Waals surface area contributed by atoms with E-state index in [0.717, 1.165) is 23.2 Å². The summed E-state index contributed by atoms with van der Waals surface area (Å²) in [4.78, 5) is 12.4. The van der Waals surface area contributed by atoms with E-state index in [1.807, 2.05) is 35.8 Å². The molecule has 29 heavy (non-hydrogen) atoms. The van der Waals surface area contributed by atoms with Crippen molar-refractivity contribution < 1.29 is 9.53 Å². The average Bonchev–Trinajstić information content (AvgIpc) is 3.15. The number of halogens is 1. The van der Waals surface area contributed by atoms with Crippen LogP contribution in [-0.2, 0) is 17.8 Å². The first-order valence-corrected chi connectivity index (χ1v) is 10.7. The van der Waals surface area contributed by atoms with Crippen molar-refractivity contribution in [2.45, 2.75) is 32.0 Å². The van der Waals surface area contributed by atoms with Crippen LogP contribution in [-0.4, -0.2) is 33.5 Å². The summed E-state index contributed by atoms with van der Waals surface area (Å²) >= 11 is 7.51. The van der Waals surface area contributed by atoms with E-state index in [4.69, 9.17) is 16.3 Å². The molecule has 1 amide bonds. The Morgan fingerprint density at radius 2 is 2.00 bits per heavy atom. The maximum absolute atomic E-state index is 12.4. The number of aromatic nitrogens is 3. The molecule has 2 aromatic carbocycles. The van der Waals surface area contributed by atoms with Crippen LogP contribution in [0.3, 0.4) is 0 Å². The fourth-order valence-corrected chi connectivity index (χ4v) is 3.98. The summed E-state index contributed by atoms with van der Waals surface area (Å²) in [5, 5.41) is 12.8. The molecule has 0 unspecified atom stereocenters. The zero-order chi connectivity index (χ0) is 20.8. The second-order valence-electron chi connectivity index (χ2n) is 6.24. The third-order valence-corrected chi connectivity index (χ3v) is 5.64. The topological polar surface area (TPSA) is 69.0 Å². The molecule has 3 rings (SSSR count). The van der Waals surface area contributed by atoms with Crippen LogP contribution >= 0.6 is 23.4 Å². The highest BCUT2D eigenvalue weighted by molar-refractivity contribution is 7.99. The molecule has 1 heterocycles. The Hall–Kier alpha value is -2.51. The zero-order valence-corrected chi connectivity index (χ0v) is 18.2. The van der Waals surface area contributed by atoms with Gasteiger partial charge in [0.2, 0.25) is 5.91 Å². The van der Waals surface area contributed by atoms with Gasteiger partial charge in [0.15, 0.2) is 11.0 Å². The Kier molecular flexibility index (Phi) is 7.17. The Morgan fingerprint density at radius 3 is 2.72 bits per heavy atom. The highest BCUT2D eigenvalue weighted by atomic mass is 35.5. The summed E-state index contributed by atoms with van der Waals surface area (Å²) in [6.45, 7) is 4.72. The van der Waals surface area contributed by atoms with Gasteiger partial charge in [-0.2, -0.15) is 0 Å². The lowest BCUT2D eigenvalue weighted by Crippen LogP contribution is -2.15. The van der Waals surface area contributed by atoms with Crippen LogP contribution in [0.15, 0.2) is 47.6 Å². The Bertz CT molecular complexity index is 1010. The van der Waals surface area contributed by atoms with Crippen molar-refractivity contribution in [3.05, 3.63) is 53.1 Å². The van der Waals surface area contributed by atoms with Gasteiger partial charge in [-0.05, 0) is 43.2 Å². The second kappa shape index (κ2) is 9.80. The molecule has 0 aliphatic carbocycles. The van der Waals surface area contributed by atoms with Crippen molar-refractivity contribution in [3.8, 4) is 17.1 Å². The monoisotopic (exact) mass is 430 g/mol. The number of thioether (sulfide) groups is 1. The van der Waals surface area contributed by atoms with Crippen LogP contribution in [0, 0.1) is 0 Å². The molecule has 1 N–H and O–H groups in total. The van der Waals surface area contributed by atoms with Crippen LogP contribution in [0.1, 0.15) is 19.4 Å². The Balaban J connectivity index is 1.76. The molecule has 0 saturated carbocycles. The molecule has 0 radical (unpaired) electrons. The summed E-state index contributed by atoms with van der Waals surface area (Å²) in [5.74, 6) is 1.49. The third kappa shape index (κ3) is 4.92. The average molecular weight is 431 g/mol. The molecular weight excluding hydrogens is 408 g/mol. The van der Waals surface area contributed by atoms with Crippen molar-refractivity contribution >= 4 is 35.0 Å². The molecule has 0 aliphatic rings. The number of carbonyl (C=O) groups excluding carboxylic acids is 1. The van der Waals surface area contributed by atoms with E-state index >= 15 is 0 Å². The lowest BCUT2D eigenvalue weighted by atomic mass is 10.1. The summed E-state index contributed by atoms with van der Waals surface area (Å²) < 4.78 is 7.39. The van der Waals surface area contributed by atoms with Gasteiger partial charge in [-0.1, -0.05) is 48.5 Å². The van der Waals surface area contributed by atoms with E-state index < -0.39 is 0 Å². The number of benzene rings is 2. The molecule has 0 fully saturated rings. The number of anilines is 1. The summed E-state index contributed by atoms with van der Waals surface area (Å²) in [7, 11) is 1.60. The van der Waals surface area contributed by atoms with Gasteiger partial charge in [0.05, 0.1) is 18.4 Å². The predicted octanol–water partition coefficient (Wildman–Crippen LogP) is 4.92. The van der Waals surface area contributed by atoms with Crippen LogP contribution < -0.4 is 10.1 Å². The first-order chi connectivity index (χ1) is 14.1. The van der Waals surface area contributed by atoms with Gasteiger partial charge in [0.1, 0.15) is 5.75 Å². The van der Waals surface area contributed by atoms with Gasteiger partial charge >= 0.3 is 0 Å². The first-order valence-electron chi connectivity index (χ1n) is 9.35. The van der Waals surface area contributed by atoms with Crippen molar-refractivity contribution in [2.24, 2.45) is 0 Å². The molecular formula is C21H23ClN4O2S. The molecule has 0 spiro atoms. The van der Waals surface area contributed by atoms with Gasteiger partial charge in [-0.15, -0.1) is 10.2 Å². The molecule has 0 aliphatic heterocycles. The van der Waals surface area contributed by atoms with Crippen LogP contribution in [0.25, 0.3) is 11.4 Å². The number of para-hydroxylation sites is 1. The summed E-state index contributed by atoms with van der Waals surface area (Å²) in [5.41, 5.74) is 2.72. The fourth-order valence-electron chi connectivity index (χ4n) is 3.00. The van der Waals surface area contributed by atoms with Crippen molar-refractivity contribution in [1.82, 2.24) is 14.8 Å². The lowest BCUT2D eigenvalue weighted by Gasteiger charge is -2.11. The minimum Gasteiger partial charge on any atom is -0.496 e. The van der Waals surface area contributed by atoms with E-state index in [1.165, 1.54) is 11.8 Å². The van der Waals surface area contributed by atoms with Crippen LogP contribution in [0.5, 0.6) is 5.75 Å². The van der Waals surface area contributed by atoms with Crippen molar-refractivity contribution in [2.75, 3.05) is 18.2 Å². The molecule has 0 saturated heterocycles. The number of rotatable bonds is 8. The Morgan fingerprint density at radius 1 is 1.21 bits per heavy atom. The highest BCUT2D eigenvalue weighted by Crippen LogP contribution is 2.33. The predicted molar refractivity (Wildman–Crippen MR) is 118 cm³/mol. The number of methoxy groups -OCH3 is 1. The molecule has 1 aromatic heterocycles. The number of carbonyl (C=O) groups is 1. The largest absolute Gasteiger partial charge is 0.496 e. The lowest BCUT2D eigenvalue weighted by molar-refractivity contribution is -0.113. The molecule has 152 valence electrons. The minimum atomic E-state index is -0.0801. The number of aryl methyl sites for hydroxylation is 1. The number of hydrogen-bond donors (Lipinski definition) is 1. The van der Waals surface area contributed by atoms with E-state index in [2.05, 4.69) is 22.4 Å². The van der Waals surface area contributed by atoms with Crippen molar-refractivity contribution in [3.63, 3.8) is 0 Å². The van der Waals surface area contributed by atoms with Gasteiger partial charge in [-0.25, -0.2) is 0 Å². The molecule has 6 nitrogen and oxygen atoms in total. The summed E-state index contributed by atoms with van der Waals surface area (Å²) in [6, 6.07) is 13.2. The van der Waals surface area contributed by atoms with Crippen LogP contribution in [0.4, 0.5) is 5.69 Å². The maximum atomic E-state index is 12.4. The number of hydrogen-bond acceptors (Lipinski definition) is 5. The molecule has 0 atom stereocenters. The standard InChI is InChI=1S/C21H23ClN4O2S/c1-4-14-8-6-7-9-17(14)23-19(27)13-29-21-25-24-20(26(21)5-2)16-12-15(22)10-11-18(16)28-3/h6-12H,4-5,13H2,1-3H3,(H,23,27).